The number of carbonyl (C=O) groups excluding carboxylic acids is 4. The number of aryl methyl sites for hydroxylation is 1. The maximum Gasteiger partial charge on any atom is 0.355 e. The number of primary amides is 1. The third-order valence-corrected chi connectivity index (χ3v) is 12.4. The van der Waals surface area contributed by atoms with Gasteiger partial charge in [-0.3, -0.25) is 29.0 Å². The molecule has 0 unspecified atom stereocenters. The number of aliphatic hydroxyl groups excluding tert-OH is 1. The molecule has 6 rings (SSSR count). The summed E-state index contributed by atoms with van der Waals surface area (Å²) in [7, 11) is -4.88. The number of halogens is 2. The van der Waals surface area contributed by atoms with E-state index in [1.165, 1.54) is 35.4 Å². The van der Waals surface area contributed by atoms with Crippen LogP contribution < -0.4 is 31.1 Å². The summed E-state index contributed by atoms with van der Waals surface area (Å²) in [5, 5.41) is 26.2. The van der Waals surface area contributed by atoms with Crippen molar-refractivity contribution in [3.8, 4) is 27.6 Å². The number of carbonyl (C=O) groups is 4. The molecule has 346 valence electrons. The Hall–Kier alpha value is -6.52. The summed E-state index contributed by atoms with van der Waals surface area (Å²) in [5.74, 6) is -5.32. The van der Waals surface area contributed by atoms with Crippen LogP contribution in [0.1, 0.15) is 68.1 Å². The number of sulfonamides is 1. The number of aliphatic hydroxyl groups is 1. The van der Waals surface area contributed by atoms with E-state index in [2.05, 4.69) is 36.1 Å². The zero-order valence-electron chi connectivity index (χ0n) is 35.9. The number of nitrogens with two attached hydrogens (primary N) is 1. The first-order valence-corrected chi connectivity index (χ1v) is 22.9. The van der Waals surface area contributed by atoms with Crippen molar-refractivity contribution >= 4 is 62.2 Å². The Bertz CT molecular complexity index is 2600. The number of nitrogens with one attached hydrogen (secondary N) is 5. The number of unbranched alkanes of at least 4 members (excludes halogenated alkanes) is 1. The molecule has 1 aliphatic heterocycles. The number of aromatic amines is 1. The van der Waals surface area contributed by atoms with Crippen LogP contribution in [0.4, 0.5) is 26.0 Å². The molecule has 1 fully saturated rings. The summed E-state index contributed by atoms with van der Waals surface area (Å²) in [6.07, 6.45) is 1.57. The number of hydrogen-bond donors (Lipinski definition) is 7. The van der Waals surface area contributed by atoms with E-state index in [1.54, 1.807) is 33.7 Å². The number of nitrogens with zero attached hydrogens (tertiary/aromatic N) is 4. The van der Waals surface area contributed by atoms with Crippen LogP contribution in [0, 0.1) is 12.3 Å². The fourth-order valence-corrected chi connectivity index (χ4v) is 8.44. The minimum Gasteiger partial charge on any atom is -0.478 e. The van der Waals surface area contributed by atoms with E-state index in [0.29, 0.717) is 24.1 Å². The minimum atomic E-state index is -4.88. The Labute approximate surface area is 377 Å². The molecule has 3 aromatic heterocycles. The second-order valence-electron chi connectivity index (χ2n) is 16.4. The van der Waals surface area contributed by atoms with Gasteiger partial charge in [-0.25, -0.2) is 18.4 Å². The molecule has 0 bridgehead atoms. The van der Waals surface area contributed by atoms with Crippen LogP contribution in [0.5, 0.6) is 5.88 Å². The molecule has 1 saturated heterocycles. The second kappa shape index (κ2) is 20.5. The van der Waals surface area contributed by atoms with Crippen LogP contribution in [-0.2, 0) is 31.0 Å². The third kappa shape index (κ3) is 12.2. The summed E-state index contributed by atoms with van der Waals surface area (Å²) in [6, 6.07) is 14.3. The second-order valence-corrected chi connectivity index (χ2v) is 18.9. The maximum absolute atomic E-state index is 14.0. The molecular weight excluding hydrogens is 887 g/mol. The van der Waals surface area contributed by atoms with Crippen molar-refractivity contribution < 1.29 is 46.2 Å². The summed E-state index contributed by atoms with van der Waals surface area (Å²) in [4.78, 5) is 64.1. The molecule has 65 heavy (non-hydrogen) atoms. The number of amides is 4. The van der Waals surface area contributed by atoms with Crippen LogP contribution in [0.3, 0.4) is 0 Å². The number of likely N-dealkylation sites (tertiary alicyclic amines) is 1. The SMILES string of the molecule is Cc1ncsc1-c1ccc(CNC(=O)[C@@H]2C[C@@H](O)CN2C(=O)[C@@H](NC(=O)CCCCOc2cc(Nc3[nH]nc(-c4ccc(NS(=O)(=O)C(F)F)cc4)c3C(N)=O)ccn2)C(C)(C)C)cc1. The van der Waals surface area contributed by atoms with Gasteiger partial charge in [0, 0.05) is 55.1 Å². The van der Waals surface area contributed by atoms with Crippen LogP contribution in [0.2, 0.25) is 0 Å². The van der Waals surface area contributed by atoms with Gasteiger partial charge < -0.3 is 36.4 Å². The number of anilines is 3. The normalized spacial score (nSPS) is 15.7. The van der Waals surface area contributed by atoms with E-state index in [-0.39, 0.29) is 67.1 Å². The highest BCUT2D eigenvalue weighted by atomic mass is 32.2. The highest BCUT2D eigenvalue weighted by molar-refractivity contribution is 7.93. The standard InChI is InChI=1S/C43H50F2N10O8S2/c1-24-36(64-23-49-24)27-10-8-25(9-11-27)21-48-40(59)31-20-30(56)22-55(31)41(60)37(43(2,3)4)51-32(57)7-5-6-18-63-33-19-29(16-17-47-33)50-39-34(38(46)58)35(52-53-39)26-12-14-28(15-13-26)54-65(61,62)42(44)45/h8-17,19,23,30-31,37,42,54,56H,5-7,18,20-22H2,1-4H3,(H2,46,58)(H,48,59)(H,51,57)(H2,47,50,52,53)/t30-,31+,37-/m1/s1. The molecule has 3 atom stereocenters. The van der Waals surface area contributed by atoms with Crippen LogP contribution >= 0.6 is 11.3 Å². The number of H-pyrrole nitrogens is 1. The van der Waals surface area contributed by atoms with Crippen molar-refractivity contribution in [1.29, 1.82) is 0 Å². The lowest BCUT2D eigenvalue weighted by Crippen LogP contribution is -2.57. The van der Waals surface area contributed by atoms with Crippen molar-refractivity contribution in [3.05, 3.63) is 89.2 Å². The van der Waals surface area contributed by atoms with Gasteiger partial charge >= 0.3 is 5.76 Å². The summed E-state index contributed by atoms with van der Waals surface area (Å²) >= 11 is 1.55. The first kappa shape index (κ1) is 47.9. The number of alkyl halides is 2. The Morgan fingerprint density at radius 1 is 1.02 bits per heavy atom. The zero-order valence-corrected chi connectivity index (χ0v) is 37.6. The molecule has 22 heteroatoms. The first-order valence-electron chi connectivity index (χ1n) is 20.5. The fraction of sp³-hybridized carbons (Fsp3) is 0.372. The van der Waals surface area contributed by atoms with Crippen LogP contribution in [0.15, 0.2) is 72.4 Å². The number of ether oxygens (including phenoxy) is 1. The van der Waals surface area contributed by atoms with E-state index in [9.17, 15) is 41.5 Å². The van der Waals surface area contributed by atoms with Gasteiger partial charge in [-0.15, -0.1) is 11.3 Å². The van der Waals surface area contributed by atoms with Crippen LogP contribution in [0.25, 0.3) is 21.7 Å². The topological polar surface area (TPSA) is 264 Å². The van der Waals surface area contributed by atoms with Crippen molar-refractivity contribution in [1.82, 2.24) is 35.7 Å². The molecule has 2 aromatic carbocycles. The predicted octanol–water partition coefficient (Wildman–Crippen LogP) is 5.07. The quantitative estimate of drug-likeness (QED) is 0.0536. The maximum atomic E-state index is 14.0. The zero-order chi connectivity index (χ0) is 47.1. The summed E-state index contributed by atoms with van der Waals surface area (Å²) in [6.45, 7) is 7.77. The first-order chi connectivity index (χ1) is 30.8. The molecule has 4 heterocycles. The van der Waals surface area contributed by atoms with Gasteiger partial charge in [-0.2, -0.15) is 13.9 Å². The summed E-state index contributed by atoms with van der Waals surface area (Å²) < 4.78 is 56.2. The highest BCUT2D eigenvalue weighted by Gasteiger charge is 2.44. The van der Waals surface area contributed by atoms with E-state index >= 15 is 0 Å². The Morgan fingerprint density at radius 2 is 1.72 bits per heavy atom. The van der Waals surface area contributed by atoms with Gasteiger partial charge in [0.15, 0.2) is 0 Å². The van der Waals surface area contributed by atoms with E-state index in [1.807, 2.05) is 52.0 Å². The molecule has 0 saturated carbocycles. The van der Waals surface area contributed by atoms with E-state index in [0.717, 1.165) is 21.7 Å². The largest absolute Gasteiger partial charge is 0.478 e. The van der Waals surface area contributed by atoms with Gasteiger partial charge in [-0.1, -0.05) is 57.2 Å². The highest BCUT2D eigenvalue weighted by Crippen LogP contribution is 2.32. The van der Waals surface area contributed by atoms with Gasteiger partial charge in [0.2, 0.25) is 23.6 Å². The Morgan fingerprint density at radius 3 is 2.37 bits per heavy atom. The molecule has 18 nitrogen and oxygen atoms in total. The number of β-amino-alcohol motifs (C(OH)–C–C–N with tert-alkyl or cyclic N) is 1. The number of rotatable bonds is 19. The molecule has 8 N–H and O–H groups in total. The number of thiazole rings is 1. The van der Waals surface area contributed by atoms with Crippen molar-refractivity contribution in [2.45, 2.75) is 83.9 Å². The van der Waals surface area contributed by atoms with E-state index < -0.39 is 57.1 Å². The lowest BCUT2D eigenvalue weighted by atomic mass is 9.85. The molecule has 4 amide bonds. The molecule has 5 aromatic rings. The average molecular weight is 937 g/mol. The fourth-order valence-electron chi connectivity index (χ4n) is 7.07. The van der Waals surface area contributed by atoms with Gasteiger partial charge in [0.25, 0.3) is 15.9 Å². The number of hydrogen-bond acceptors (Lipinski definition) is 13. The van der Waals surface area contributed by atoms with Crippen molar-refractivity contribution in [3.63, 3.8) is 0 Å². The van der Waals surface area contributed by atoms with E-state index in [4.69, 9.17) is 10.5 Å². The van der Waals surface area contributed by atoms with Gasteiger partial charge in [0.1, 0.15) is 29.2 Å². The van der Waals surface area contributed by atoms with Crippen molar-refractivity contribution in [2.75, 3.05) is 23.2 Å². The van der Waals surface area contributed by atoms with Gasteiger partial charge in [-0.05, 0) is 54.5 Å². The minimum absolute atomic E-state index is 0.0292. The van der Waals surface area contributed by atoms with Crippen LogP contribution in [-0.4, -0.2) is 99.3 Å². The molecule has 0 aliphatic carbocycles. The predicted molar refractivity (Wildman–Crippen MR) is 240 cm³/mol. The lowest BCUT2D eigenvalue weighted by molar-refractivity contribution is -0.144. The third-order valence-electron chi connectivity index (χ3n) is 10.4. The number of benzene rings is 2. The molecular formula is C43H50F2N10O8S2. The molecule has 0 spiro atoms. The van der Waals surface area contributed by atoms with Crippen molar-refractivity contribution in [2.24, 2.45) is 11.1 Å². The smallest absolute Gasteiger partial charge is 0.355 e. The van der Waals surface area contributed by atoms with Gasteiger partial charge in [0.05, 0.1) is 28.8 Å². The Kier molecular flexibility index (Phi) is 15.2. The average Bonchev–Trinajstić information content (AvgIpc) is 4.00. The molecule has 0 radical (unpaired) electrons. The summed E-state index contributed by atoms with van der Waals surface area (Å²) in [5.41, 5.74) is 10.3. The monoisotopic (exact) mass is 936 g/mol. The number of pyridine rings is 1. The number of aromatic nitrogens is 4. The lowest BCUT2D eigenvalue weighted by Gasteiger charge is -2.35. The molecule has 1 aliphatic rings. The Balaban J connectivity index is 0.981.